The predicted octanol–water partition coefficient (Wildman–Crippen LogP) is 4.58. The Morgan fingerprint density at radius 2 is 1.79 bits per heavy atom. The molecule has 3 nitrogen and oxygen atoms in total. The van der Waals surface area contributed by atoms with Crippen molar-refractivity contribution in [3.63, 3.8) is 0 Å². The first kappa shape index (κ1) is 16.3. The van der Waals surface area contributed by atoms with Crippen LogP contribution >= 0.6 is 11.6 Å². The van der Waals surface area contributed by atoms with Crippen LogP contribution in [0, 0.1) is 17.8 Å². The lowest BCUT2D eigenvalue weighted by molar-refractivity contribution is -0.133. The molecule has 0 aromatic heterocycles. The van der Waals surface area contributed by atoms with Crippen molar-refractivity contribution in [3.05, 3.63) is 29.3 Å². The van der Waals surface area contributed by atoms with E-state index < -0.39 is 6.10 Å². The first-order valence-electron chi connectivity index (χ1n) is 9.30. The number of hydrogen-bond acceptors (Lipinski definition) is 2. The molecule has 1 atom stereocenters. The van der Waals surface area contributed by atoms with E-state index in [9.17, 15) is 4.79 Å². The maximum Gasteiger partial charge on any atom is 0.261 e. The average molecular weight is 348 g/mol. The molecule has 0 spiro atoms. The molecule has 1 unspecified atom stereocenters. The molecular formula is C20H26ClNO2. The normalized spacial score (nSPS) is 34.8. The van der Waals surface area contributed by atoms with Gasteiger partial charge in [0.25, 0.3) is 5.91 Å². The molecule has 24 heavy (non-hydrogen) atoms. The van der Waals surface area contributed by atoms with Crippen molar-refractivity contribution in [3.8, 4) is 5.75 Å². The summed E-state index contributed by atoms with van der Waals surface area (Å²) in [5, 5.41) is 3.96. The van der Waals surface area contributed by atoms with E-state index in [4.69, 9.17) is 16.3 Å². The van der Waals surface area contributed by atoms with Gasteiger partial charge in [0.2, 0.25) is 0 Å². The Morgan fingerprint density at radius 3 is 2.33 bits per heavy atom. The highest BCUT2D eigenvalue weighted by Gasteiger charge is 2.51. The highest BCUT2D eigenvalue weighted by molar-refractivity contribution is 6.32. The van der Waals surface area contributed by atoms with Crippen LogP contribution in [0.2, 0.25) is 5.02 Å². The number of benzene rings is 1. The minimum absolute atomic E-state index is 0.0272. The molecule has 1 amide bonds. The van der Waals surface area contributed by atoms with Crippen LogP contribution in [-0.4, -0.2) is 17.6 Å². The second-order valence-corrected chi connectivity index (χ2v) is 8.54. The summed E-state index contributed by atoms with van der Waals surface area (Å²) in [4.78, 5) is 12.9. The number of hydrogen-bond donors (Lipinski definition) is 1. The Bertz CT molecular complexity index is 595. The lowest BCUT2D eigenvalue weighted by atomic mass is 9.53. The number of nitrogens with one attached hydrogen (secondary N) is 1. The van der Waals surface area contributed by atoms with Gasteiger partial charge in [-0.15, -0.1) is 0 Å². The lowest BCUT2D eigenvalue weighted by Gasteiger charge is -2.57. The van der Waals surface area contributed by atoms with E-state index in [0.29, 0.717) is 17.2 Å². The SMILES string of the molecule is CCC(Oc1ccccc1Cl)C(=O)NC12CC3CC(CC(C3)C1)C2. The van der Waals surface area contributed by atoms with E-state index in [-0.39, 0.29) is 11.4 Å². The zero-order chi connectivity index (χ0) is 16.7. The van der Waals surface area contributed by atoms with Crippen LogP contribution in [0.4, 0.5) is 0 Å². The number of rotatable bonds is 5. The third kappa shape index (κ3) is 3.03. The van der Waals surface area contributed by atoms with E-state index >= 15 is 0 Å². The molecule has 4 bridgehead atoms. The summed E-state index contributed by atoms with van der Waals surface area (Å²) in [5.41, 5.74) is 0.0308. The second kappa shape index (κ2) is 6.25. The molecule has 5 rings (SSSR count). The Morgan fingerprint density at radius 1 is 1.21 bits per heavy atom. The van der Waals surface area contributed by atoms with Crippen LogP contribution in [0.15, 0.2) is 24.3 Å². The lowest BCUT2D eigenvalue weighted by Crippen LogP contribution is -2.61. The predicted molar refractivity (Wildman–Crippen MR) is 95.2 cm³/mol. The average Bonchev–Trinajstić information content (AvgIpc) is 2.52. The number of amides is 1. The fourth-order valence-electron chi connectivity index (χ4n) is 5.62. The zero-order valence-electron chi connectivity index (χ0n) is 14.3. The number of para-hydroxylation sites is 1. The van der Waals surface area contributed by atoms with Crippen molar-refractivity contribution >= 4 is 17.5 Å². The Labute approximate surface area is 149 Å². The minimum atomic E-state index is -0.474. The van der Waals surface area contributed by atoms with Crippen LogP contribution in [-0.2, 0) is 4.79 Å². The molecule has 1 N–H and O–H groups in total. The zero-order valence-corrected chi connectivity index (χ0v) is 15.0. The molecule has 4 aliphatic rings. The number of carbonyl (C=O) groups is 1. The maximum atomic E-state index is 12.9. The van der Waals surface area contributed by atoms with Gasteiger partial charge in [0.15, 0.2) is 6.10 Å². The minimum Gasteiger partial charge on any atom is -0.479 e. The van der Waals surface area contributed by atoms with Crippen molar-refractivity contribution < 1.29 is 9.53 Å². The standard InChI is InChI=1S/C20H26ClNO2/c1-2-17(24-18-6-4-3-5-16(18)21)19(23)22-20-10-13-7-14(11-20)9-15(8-13)12-20/h3-6,13-15,17H,2,7-12H2,1H3,(H,22,23). The molecule has 1 aromatic carbocycles. The van der Waals surface area contributed by atoms with Gasteiger partial charge in [-0.2, -0.15) is 0 Å². The quantitative estimate of drug-likeness (QED) is 0.846. The second-order valence-electron chi connectivity index (χ2n) is 8.13. The van der Waals surface area contributed by atoms with Gasteiger partial charge < -0.3 is 10.1 Å². The highest BCUT2D eigenvalue weighted by atomic mass is 35.5. The van der Waals surface area contributed by atoms with Gasteiger partial charge in [0.1, 0.15) is 5.75 Å². The molecule has 4 saturated carbocycles. The molecular weight excluding hydrogens is 322 g/mol. The van der Waals surface area contributed by atoms with Gasteiger partial charge in [0.05, 0.1) is 5.02 Å². The summed E-state index contributed by atoms with van der Waals surface area (Å²) < 4.78 is 5.93. The summed E-state index contributed by atoms with van der Waals surface area (Å²) in [5.74, 6) is 3.08. The molecule has 0 heterocycles. The smallest absolute Gasteiger partial charge is 0.261 e. The van der Waals surface area contributed by atoms with Crippen molar-refractivity contribution in [1.82, 2.24) is 5.32 Å². The third-order valence-electron chi connectivity index (χ3n) is 6.20. The van der Waals surface area contributed by atoms with Crippen LogP contribution in [0.25, 0.3) is 0 Å². The van der Waals surface area contributed by atoms with E-state index in [1.165, 1.54) is 19.3 Å². The van der Waals surface area contributed by atoms with Crippen molar-refractivity contribution in [1.29, 1.82) is 0 Å². The third-order valence-corrected chi connectivity index (χ3v) is 6.51. The van der Waals surface area contributed by atoms with Crippen LogP contribution in [0.1, 0.15) is 51.9 Å². The highest BCUT2D eigenvalue weighted by Crippen LogP contribution is 2.55. The Balaban J connectivity index is 1.45. The van der Waals surface area contributed by atoms with E-state index in [1.54, 1.807) is 6.07 Å². The molecule has 0 aliphatic heterocycles. The van der Waals surface area contributed by atoms with Gasteiger partial charge in [-0.1, -0.05) is 30.7 Å². The van der Waals surface area contributed by atoms with Crippen LogP contribution < -0.4 is 10.1 Å². The fraction of sp³-hybridized carbons (Fsp3) is 0.650. The van der Waals surface area contributed by atoms with Crippen LogP contribution in [0.5, 0.6) is 5.75 Å². The van der Waals surface area contributed by atoms with Gasteiger partial charge in [0, 0.05) is 5.54 Å². The van der Waals surface area contributed by atoms with E-state index in [0.717, 1.165) is 37.0 Å². The van der Waals surface area contributed by atoms with Crippen molar-refractivity contribution in [2.24, 2.45) is 17.8 Å². The molecule has 4 heteroatoms. The summed E-state index contributed by atoms with van der Waals surface area (Å²) in [7, 11) is 0. The van der Waals surface area contributed by atoms with Crippen molar-refractivity contribution in [2.75, 3.05) is 0 Å². The number of halogens is 1. The van der Waals surface area contributed by atoms with Gasteiger partial charge in [-0.05, 0) is 74.8 Å². The molecule has 4 aliphatic carbocycles. The number of carbonyl (C=O) groups excluding carboxylic acids is 1. The van der Waals surface area contributed by atoms with E-state index in [1.807, 2.05) is 25.1 Å². The largest absolute Gasteiger partial charge is 0.479 e. The molecule has 130 valence electrons. The molecule has 1 aromatic rings. The Kier molecular flexibility index (Phi) is 4.24. The summed E-state index contributed by atoms with van der Waals surface area (Å²) in [6.07, 6.45) is 7.78. The first-order valence-corrected chi connectivity index (χ1v) is 9.68. The maximum absolute atomic E-state index is 12.9. The summed E-state index contributed by atoms with van der Waals surface area (Å²) in [6.45, 7) is 1.99. The Hall–Kier alpha value is -1.22. The van der Waals surface area contributed by atoms with Gasteiger partial charge in [-0.25, -0.2) is 0 Å². The molecule has 4 fully saturated rings. The van der Waals surface area contributed by atoms with E-state index in [2.05, 4.69) is 5.32 Å². The van der Waals surface area contributed by atoms with Crippen molar-refractivity contribution in [2.45, 2.75) is 63.5 Å². The number of ether oxygens (including phenoxy) is 1. The first-order chi connectivity index (χ1) is 11.6. The summed E-state index contributed by atoms with van der Waals surface area (Å²) in [6, 6.07) is 7.36. The fourth-order valence-corrected chi connectivity index (χ4v) is 5.80. The molecule has 0 saturated heterocycles. The van der Waals surface area contributed by atoms with Gasteiger partial charge in [-0.3, -0.25) is 4.79 Å². The van der Waals surface area contributed by atoms with Crippen LogP contribution in [0.3, 0.4) is 0 Å². The topological polar surface area (TPSA) is 38.3 Å². The monoisotopic (exact) mass is 347 g/mol. The molecule has 0 radical (unpaired) electrons. The van der Waals surface area contributed by atoms with Gasteiger partial charge >= 0.3 is 0 Å². The summed E-state index contributed by atoms with van der Waals surface area (Å²) >= 11 is 6.17.